The zero-order valence-electron chi connectivity index (χ0n) is 65.6. The molecule has 600 valence electrons. The normalized spacial score (nSPS) is 14.8. The highest BCUT2D eigenvalue weighted by Crippen LogP contribution is 2.45. The third-order valence-electron chi connectivity index (χ3n) is 16.7. The van der Waals surface area contributed by atoms with Gasteiger partial charge in [-0.3, -0.25) is 32.5 Å². The van der Waals surface area contributed by atoms with Gasteiger partial charge in [0.15, 0.2) is 6.10 Å². The maximum absolute atomic E-state index is 13.0. The first-order valence-corrected chi connectivity index (χ1v) is 43.8. The van der Waals surface area contributed by atoms with Crippen molar-refractivity contribution in [2.45, 2.75) is 334 Å². The third-order valence-corrected chi connectivity index (χ3v) is 18.6. The molecule has 0 amide bonds. The van der Waals surface area contributed by atoms with Crippen molar-refractivity contribution in [1.29, 1.82) is 0 Å². The molecule has 5 atom stereocenters. The van der Waals surface area contributed by atoms with E-state index in [9.17, 15) is 43.5 Å². The average molecular weight is 1510 g/mol. The van der Waals surface area contributed by atoms with E-state index in [0.717, 1.165) is 186 Å². The van der Waals surface area contributed by atoms with E-state index < -0.39 is 91.5 Å². The molecule has 0 aromatic carbocycles. The molecule has 5 unspecified atom stereocenters. The van der Waals surface area contributed by atoms with Gasteiger partial charge in [0.25, 0.3) is 0 Å². The van der Waals surface area contributed by atoms with Crippen LogP contribution in [0, 0.1) is 0 Å². The fraction of sp³-hybridized carbons (Fsp3) is 0.667. The summed E-state index contributed by atoms with van der Waals surface area (Å²) in [6.07, 6.45) is 98.4. The Kier molecular flexibility index (Phi) is 75.1. The first-order valence-electron chi connectivity index (χ1n) is 40.8. The predicted molar refractivity (Wildman–Crippen MR) is 435 cm³/mol. The number of phosphoric acid groups is 2. The van der Waals surface area contributed by atoms with Gasteiger partial charge in [-0.15, -0.1) is 0 Å². The van der Waals surface area contributed by atoms with Gasteiger partial charge in [0.2, 0.25) is 0 Å². The van der Waals surface area contributed by atoms with Gasteiger partial charge >= 0.3 is 33.6 Å². The Balaban J connectivity index is 4.65. The number of phosphoric ester groups is 2. The van der Waals surface area contributed by atoms with Gasteiger partial charge in [0, 0.05) is 19.3 Å². The molecule has 0 radical (unpaired) electrons. The highest BCUT2D eigenvalue weighted by molar-refractivity contribution is 7.47. The highest BCUT2D eigenvalue weighted by atomic mass is 31.2. The molecule has 0 saturated heterocycles. The van der Waals surface area contributed by atoms with Crippen molar-refractivity contribution in [3.8, 4) is 0 Å². The molecule has 16 nitrogen and oxygen atoms in total. The van der Waals surface area contributed by atoms with E-state index in [1.54, 1.807) is 0 Å². The van der Waals surface area contributed by atoms with Crippen molar-refractivity contribution in [1.82, 2.24) is 0 Å². The van der Waals surface area contributed by atoms with Crippen LogP contribution in [0.25, 0.3) is 0 Å². The molecule has 0 heterocycles. The predicted octanol–water partition coefficient (Wildman–Crippen LogP) is 24.2. The second-order valence-corrected chi connectivity index (χ2v) is 29.7. The number of hydrogen-bond acceptors (Lipinski definition) is 14. The van der Waals surface area contributed by atoms with Gasteiger partial charge in [-0.1, -0.05) is 307 Å². The third kappa shape index (κ3) is 80.0. The number of aliphatic hydroxyl groups is 2. The van der Waals surface area contributed by atoms with Crippen LogP contribution in [-0.2, 0) is 55.8 Å². The van der Waals surface area contributed by atoms with Crippen LogP contribution in [-0.4, -0.2) is 95.9 Å². The second kappa shape index (κ2) is 78.7. The molecule has 0 spiro atoms. The van der Waals surface area contributed by atoms with E-state index in [1.165, 1.54) is 70.6 Å². The van der Waals surface area contributed by atoms with E-state index in [0.29, 0.717) is 19.3 Å². The van der Waals surface area contributed by atoms with E-state index >= 15 is 0 Å². The highest BCUT2D eigenvalue weighted by Gasteiger charge is 2.29. The summed E-state index contributed by atoms with van der Waals surface area (Å²) in [6, 6.07) is 0. The maximum Gasteiger partial charge on any atom is 0.472 e. The molecule has 0 aliphatic heterocycles. The van der Waals surface area contributed by atoms with E-state index in [2.05, 4.69) is 179 Å². The van der Waals surface area contributed by atoms with Crippen molar-refractivity contribution in [3.05, 3.63) is 158 Å². The van der Waals surface area contributed by atoms with Crippen LogP contribution in [0.1, 0.15) is 316 Å². The summed E-state index contributed by atoms with van der Waals surface area (Å²) >= 11 is 0. The number of carbonyl (C=O) groups excluding carboxylic acids is 3. The zero-order chi connectivity index (χ0) is 76.6. The van der Waals surface area contributed by atoms with Crippen molar-refractivity contribution in [2.75, 3.05) is 39.6 Å². The molecule has 4 N–H and O–H groups in total. The van der Waals surface area contributed by atoms with Crippen molar-refractivity contribution < 1.29 is 75.8 Å². The lowest BCUT2D eigenvalue weighted by Crippen LogP contribution is -2.30. The van der Waals surface area contributed by atoms with Gasteiger partial charge in [-0.25, -0.2) is 9.13 Å². The Labute approximate surface area is 638 Å². The van der Waals surface area contributed by atoms with Crippen LogP contribution in [0.5, 0.6) is 0 Å². The van der Waals surface area contributed by atoms with Gasteiger partial charge in [-0.2, -0.15) is 0 Å². The Morgan fingerprint density at radius 3 is 0.800 bits per heavy atom. The number of esters is 3. The van der Waals surface area contributed by atoms with E-state index in [1.807, 2.05) is 0 Å². The Morgan fingerprint density at radius 2 is 0.505 bits per heavy atom. The SMILES string of the molecule is CC/C=C\C/C=C\C/C=C\C/C=C\C/C=C\CCCCCCCCCCCCCC(=O)OCC(O)COP(=O)(O)OCC(O)COP(=O)(O)OCC(COC(=O)CCCCCCCCC/C=C\C/C=C\C/C=C\C/C=C\CCCCC)OC(=O)CCCCCCCC/C=C\C/C=C\C/C=C\C/C=C\CC. The molecular formula is C87H146O16P2. The van der Waals surface area contributed by atoms with Gasteiger partial charge in [0.05, 0.1) is 26.4 Å². The Morgan fingerprint density at radius 1 is 0.276 bits per heavy atom. The monoisotopic (exact) mass is 1510 g/mol. The molecule has 0 aromatic heterocycles. The van der Waals surface area contributed by atoms with Gasteiger partial charge < -0.3 is 34.2 Å². The van der Waals surface area contributed by atoms with Gasteiger partial charge in [0.1, 0.15) is 25.4 Å². The summed E-state index contributed by atoms with van der Waals surface area (Å²) in [7, 11) is -9.81. The first kappa shape index (κ1) is 100. The smallest absolute Gasteiger partial charge is 0.463 e. The standard InChI is InChI=1S/C87H146O16P2/c1-4-7-10-13-16-19-22-25-28-31-34-36-38-39-40-41-43-45-47-49-52-55-58-61-64-67-70-73-85(90)97-76-82(88)77-99-104(93,94)100-78-83(89)79-101-105(95,96)102-81-84(103-87(92)75-72-69-66-63-60-57-54-51-46-33-30-27-24-21-18-15-12-9-6-3)80-98-86(91)74-71-68-65-62-59-56-53-50-48-44-42-37-35-32-29-26-23-20-17-14-11-8-5-2/h7,9-10,12,16-21,25-30,34-37,39-40,44,46,48,51,82-84,88-89H,4-6,8,11,13-15,22-24,31-33,38,41-43,45,47,49-50,52-81H2,1-3H3,(H,93,94)(H,95,96)/b10-7-,12-9-,19-16-,20-17-,21-18-,28-25-,29-26-,30-27-,36-34-,37-35-,40-39-,48-44-,51-46-. The molecule has 0 rings (SSSR count). The number of carbonyl (C=O) groups is 3. The Hall–Kier alpha value is -4.83. The lowest BCUT2D eigenvalue weighted by atomic mass is 10.0. The maximum atomic E-state index is 13.0. The van der Waals surface area contributed by atoms with E-state index in [-0.39, 0.29) is 19.3 Å². The minimum Gasteiger partial charge on any atom is -0.463 e. The van der Waals surface area contributed by atoms with Crippen molar-refractivity contribution in [3.63, 3.8) is 0 Å². The van der Waals surface area contributed by atoms with Crippen LogP contribution < -0.4 is 0 Å². The molecule has 0 aromatic rings. The molecule has 0 aliphatic rings. The fourth-order valence-electron chi connectivity index (χ4n) is 10.6. The molecule has 0 bridgehead atoms. The topological polar surface area (TPSA) is 231 Å². The van der Waals surface area contributed by atoms with Crippen LogP contribution in [0.15, 0.2) is 158 Å². The minimum atomic E-state index is -4.95. The van der Waals surface area contributed by atoms with Crippen molar-refractivity contribution >= 4 is 33.6 Å². The lowest BCUT2D eigenvalue weighted by molar-refractivity contribution is -0.161. The number of rotatable bonds is 76. The molecule has 0 aliphatic carbocycles. The number of unbranched alkanes of at least 4 members (excludes halogenated alkanes) is 27. The molecule has 18 heteroatoms. The first-order chi connectivity index (χ1) is 51.2. The Bertz CT molecular complexity index is 2540. The van der Waals surface area contributed by atoms with Gasteiger partial charge in [-0.05, 0) is 148 Å². The molecule has 0 saturated carbocycles. The second-order valence-electron chi connectivity index (χ2n) is 26.8. The summed E-state index contributed by atoms with van der Waals surface area (Å²) in [5.41, 5.74) is 0. The zero-order valence-corrected chi connectivity index (χ0v) is 67.4. The summed E-state index contributed by atoms with van der Waals surface area (Å²) in [5, 5.41) is 20.7. The van der Waals surface area contributed by atoms with Crippen LogP contribution in [0.4, 0.5) is 0 Å². The number of hydrogen-bond donors (Lipinski definition) is 4. The molecular weight excluding hydrogens is 1360 g/mol. The quantitative estimate of drug-likeness (QED) is 0.0146. The number of ether oxygens (including phenoxy) is 3. The molecule has 0 fully saturated rings. The summed E-state index contributed by atoms with van der Waals surface area (Å²) in [5.74, 6) is -1.61. The van der Waals surface area contributed by atoms with Crippen LogP contribution >= 0.6 is 15.6 Å². The molecule has 105 heavy (non-hydrogen) atoms. The lowest BCUT2D eigenvalue weighted by Gasteiger charge is -2.21. The number of aliphatic hydroxyl groups excluding tert-OH is 2. The van der Waals surface area contributed by atoms with Crippen LogP contribution in [0.3, 0.4) is 0 Å². The fourth-order valence-corrected chi connectivity index (χ4v) is 12.2. The van der Waals surface area contributed by atoms with Crippen molar-refractivity contribution in [2.24, 2.45) is 0 Å². The minimum absolute atomic E-state index is 0.0810. The summed E-state index contributed by atoms with van der Waals surface area (Å²) in [4.78, 5) is 58.8. The number of allylic oxidation sites excluding steroid dienone is 26. The van der Waals surface area contributed by atoms with Crippen LogP contribution in [0.2, 0.25) is 0 Å². The summed E-state index contributed by atoms with van der Waals surface area (Å²) < 4.78 is 61.2. The average Bonchev–Trinajstić information content (AvgIpc) is 0.941. The van der Waals surface area contributed by atoms with E-state index in [4.69, 9.17) is 32.3 Å². The largest absolute Gasteiger partial charge is 0.472 e. The summed E-state index contributed by atoms with van der Waals surface area (Å²) in [6.45, 7) is 2.40.